The van der Waals surface area contributed by atoms with Crippen LogP contribution in [-0.2, 0) is 6.54 Å². The summed E-state index contributed by atoms with van der Waals surface area (Å²) in [6.45, 7) is 0.498. The summed E-state index contributed by atoms with van der Waals surface area (Å²) in [7, 11) is 1.90. The van der Waals surface area contributed by atoms with Crippen LogP contribution in [0.4, 0.5) is 5.69 Å². The molecule has 2 aromatic rings. The number of amidine groups is 1. The van der Waals surface area contributed by atoms with Crippen LogP contribution in [0.3, 0.4) is 0 Å². The number of hydrogen-bond acceptors (Lipinski definition) is 6. The van der Waals surface area contributed by atoms with Crippen LogP contribution in [0.25, 0.3) is 0 Å². The van der Waals surface area contributed by atoms with Crippen molar-refractivity contribution in [1.29, 1.82) is 0 Å². The van der Waals surface area contributed by atoms with Gasteiger partial charge in [0.1, 0.15) is 0 Å². The summed E-state index contributed by atoms with van der Waals surface area (Å²) >= 11 is 1.55. The molecule has 3 rings (SSSR count). The summed E-state index contributed by atoms with van der Waals surface area (Å²) in [5.41, 5.74) is 9.36. The summed E-state index contributed by atoms with van der Waals surface area (Å²) < 4.78 is 3.10. The first-order valence-corrected chi connectivity index (χ1v) is 10.6. The number of nitrogens with two attached hydrogens (primary N) is 2. The third-order valence-electron chi connectivity index (χ3n) is 4.88. The first-order chi connectivity index (χ1) is 13.7. The fraction of sp³-hybridized carbons (Fsp3) is 0.381. The molecule has 1 aliphatic rings. The standard InChI is InChI=1S/C21H30N6S/c1-24-28-18-12-13-20(25-17-10-6-3-7-11-17)19(14-18)21(22)26-27(23)15-16-8-4-2-5-9-16/h2,4-5,8-9,12-14,17,24-25H,3,6-7,10-11,15,23H2,1H3,(H2,22,26). The molecule has 6 N–H and O–H groups in total. The van der Waals surface area contributed by atoms with Crippen LogP contribution < -0.4 is 21.6 Å². The number of hydrazone groups is 1. The van der Waals surface area contributed by atoms with Crippen molar-refractivity contribution in [1.82, 2.24) is 9.84 Å². The summed E-state index contributed by atoms with van der Waals surface area (Å²) in [5.74, 6) is 6.52. The van der Waals surface area contributed by atoms with Gasteiger partial charge in [-0.15, -0.1) is 5.10 Å². The molecule has 0 saturated heterocycles. The lowest BCUT2D eigenvalue weighted by Gasteiger charge is -2.25. The molecule has 28 heavy (non-hydrogen) atoms. The van der Waals surface area contributed by atoms with E-state index in [1.54, 1.807) is 11.9 Å². The van der Waals surface area contributed by atoms with E-state index in [0.717, 1.165) is 21.7 Å². The molecular weight excluding hydrogens is 368 g/mol. The lowest BCUT2D eigenvalue weighted by Crippen LogP contribution is -2.30. The molecule has 150 valence electrons. The first kappa shape index (κ1) is 20.5. The third kappa shape index (κ3) is 5.89. The lowest BCUT2D eigenvalue weighted by molar-refractivity contribution is 0.290. The van der Waals surface area contributed by atoms with Gasteiger partial charge in [-0.1, -0.05) is 49.6 Å². The molecule has 1 saturated carbocycles. The second kappa shape index (κ2) is 10.4. The van der Waals surface area contributed by atoms with Gasteiger partial charge in [-0.3, -0.25) is 4.72 Å². The van der Waals surface area contributed by atoms with Gasteiger partial charge in [-0.2, -0.15) is 0 Å². The van der Waals surface area contributed by atoms with Crippen LogP contribution in [0, 0.1) is 0 Å². The Kier molecular flexibility index (Phi) is 7.59. The third-order valence-corrected chi connectivity index (χ3v) is 5.57. The van der Waals surface area contributed by atoms with Crippen molar-refractivity contribution in [3.05, 3.63) is 59.7 Å². The summed E-state index contributed by atoms with van der Waals surface area (Å²) in [6.07, 6.45) is 6.27. The Morgan fingerprint density at radius 3 is 2.61 bits per heavy atom. The Morgan fingerprint density at radius 1 is 1.14 bits per heavy atom. The Labute approximate surface area is 171 Å². The molecule has 0 aliphatic heterocycles. The maximum atomic E-state index is 6.38. The van der Waals surface area contributed by atoms with Gasteiger partial charge in [0.15, 0.2) is 5.84 Å². The topological polar surface area (TPSA) is 91.7 Å². The SMILES string of the molecule is CNSc1ccc(NC2CCCCC2)c(/C(N)=N/N(N)Cc2ccccc2)c1. The summed E-state index contributed by atoms with van der Waals surface area (Å²) in [6, 6.07) is 16.7. The predicted molar refractivity (Wildman–Crippen MR) is 119 cm³/mol. The van der Waals surface area contributed by atoms with Gasteiger partial charge in [0.25, 0.3) is 0 Å². The van der Waals surface area contributed by atoms with E-state index in [1.807, 2.05) is 37.4 Å². The zero-order valence-electron chi connectivity index (χ0n) is 16.4. The average molecular weight is 399 g/mol. The van der Waals surface area contributed by atoms with Crippen molar-refractivity contribution in [3.63, 3.8) is 0 Å². The number of hydrazine groups is 1. The van der Waals surface area contributed by atoms with Crippen molar-refractivity contribution in [2.75, 3.05) is 12.4 Å². The van der Waals surface area contributed by atoms with Crippen molar-refractivity contribution >= 4 is 23.5 Å². The minimum atomic E-state index is 0.412. The summed E-state index contributed by atoms with van der Waals surface area (Å²) in [4.78, 5) is 1.08. The van der Waals surface area contributed by atoms with E-state index in [9.17, 15) is 0 Å². The molecule has 6 nitrogen and oxygen atoms in total. The van der Waals surface area contributed by atoms with Crippen molar-refractivity contribution in [3.8, 4) is 0 Å². The maximum Gasteiger partial charge on any atom is 0.154 e. The Bertz CT molecular complexity index is 774. The highest BCUT2D eigenvalue weighted by Crippen LogP contribution is 2.27. The highest BCUT2D eigenvalue weighted by Gasteiger charge is 2.16. The number of nitrogens with one attached hydrogen (secondary N) is 2. The van der Waals surface area contributed by atoms with Crippen molar-refractivity contribution < 1.29 is 0 Å². The van der Waals surface area contributed by atoms with Crippen molar-refractivity contribution in [2.45, 2.75) is 49.6 Å². The van der Waals surface area contributed by atoms with Gasteiger partial charge in [0.2, 0.25) is 0 Å². The quantitative estimate of drug-likeness (QED) is 0.178. The molecule has 0 atom stereocenters. The number of benzene rings is 2. The monoisotopic (exact) mass is 398 g/mol. The van der Waals surface area contributed by atoms with E-state index in [0.29, 0.717) is 18.4 Å². The number of rotatable bonds is 8. The van der Waals surface area contributed by atoms with Crippen LogP contribution in [0.15, 0.2) is 58.5 Å². The highest BCUT2D eigenvalue weighted by molar-refractivity contribution is 7.97. The van der Waals surface area contributed by atoms with Crippen LogP contribution >= 0.6 is 11.9 Å². The minimum absolute atomic E-state index is 0.412. The van der Waals surface area contributed by atoms with Gasteiger partial charge in [0, 0.05) is 22.2 Å². The van der Waals surface area contributed by atoms with Gasteiger partial charge in [-0.05, 0) is 55.6 Å². The number of anilines is 1. The molecule has 7 heteroatoms. The highest BCUT2D eigenvalue weighted by atomic mass is 32.2. The van der Waals surface area contributed by atoms with Crippen LogP contribution in [0.1, 0.15) is 43.2 Å². The number of nitrogens with zero attached hydrogens (tertiary/aromatic N) is 2. The Hall–Kier alpha value is -2.22. The molecule has 1 aliphatic carbocycles. The van der Waals surface area contributed by atoms with Crippen LogP contribution in [0.5, 0.6) is 0 Å². The smallest absolute Gasteiger partial charge is 0.154 e. The molecule has 1 fully saturated rings. The van der Waals surface area contributed by atoms with E-state index >= 15 is 0 Å². The molecule has 2 aromatic carbocycles. The van der Waals surface area contributed by atoms with Gasteiger partial charge in [0.05, 0.1) is 6.54 Å². The number of hydrogen-bond donors (Lipinski definition) is 4. The summed E-state index contributed by atoms with van der Waals surface area (Å²) in [5, 5.41) is 9.50. The zero-order chi connectivity index (χ0) is 19.8. The molecule has 0 heterocycles. The molecule has 0 amide bonds. The minimum Gasteiger partial charge on any atom is -0.382 e. The van der Waals surface area contributed by atoms with Crippen LogP contribution in [-0.4, -0.2) is 24.0 Å². The van der Waals surface area contributed by atoms with Gasteiger partial charge >= 0.3 is 0 Å². The van der Waals surface area contributed by atoms with E-state index in [1.165, 1.54) is 37.2 Å². The molecular formula is C21H30N6S. The molecule has 0 radical (unpaired) electrons. The molecule has 0 aromatic heterocycles. The zero-order valence-corrected chi connectivity index (χ0v) is 17.2. The van der Waals surface area contributed by atoms with E-state index in [2.05, 4.69) is 33.3 Å². The molecule has 0 unspecified atom stereocenters. The molecule has 0 spiro atoms. The predicted octanol–water partition coefficient (Wildman–Crippen LogP) is 3.65. The Morgan fingerprint density at radius 2 is 1.89 bits per heavy atom. The second-order valence-corrected chi connectivity index (χ2v) is 8.15. The van der Waals surface area contributed by atoms with Gasteiger partial charge in [-0.25, -0.2) is 11.0 Å². The van der Waals surface area contributed by atoms with E-state index < -0.39 is 0 Å². The fourth-order valence-electron chi connectivity index (χ4n) is 3.51. The van der Waals surface area contributed by atoms with Crippen LogP contribution in [0.2, 0.25) is 0 Å². The van der Waals surface area contributed by atoms with Gasteiger partial charge < -0.3 is 11.1 Å². The van der Waals surface area contributed by atoms with E-state index in [4.69, 9.17) is 11.6 Å². The first-order valence-electron chi connectivity index (χ1n) is 9.80. The van der Waals surface area contributed by atoms with E-state index in [-0.39, 0.29) is 0 Å². The average Bonchev–Trinajstić information content (AvgIpc) is 2.70. The molecule has 0 bridgehead atoms. The largest absolute Gasteiger partial charge is 0.382 e. The normalized spacial score (nSPS) is 15.4. The fourth-order valence-corrected chi connectivity index (χ4v) is 4.06. The lowest BCUT2D eigenvalue weighted by atomic mass is 9.95. The van der Waals surface area contributed by atoms with Crippen molar-refractivity contribution in [2.24, 2.45) is 16.7 Å². The Balaban J connectivity index is 1.80. The maximum absolute atomic E-state index is 6.38. The second-order valence-electron chi connectivity index (χ2n) is 7.06.